The molecule has 7 atom stereocenters. The molecule has 3 fully saturated rings. The van der Waals surface area contributed by atoms with Crippen molar-refractivity contribution in [3.8, 4) is 0 Å². The zero-order chi connectivity index (χ0) is 27.1. The topological polar surface area (TPSA) is 88.1 Å². The first kappa shape index (κ1) is 29.9. The van der Waals surface area contributed by atoms with E-state index in [4.69, 9.17) is 18.9 Å². The van der Waals surface area contributed by atoms with Gasteiger partial charge in [0.05, 0.1) is 40.6 Å². The monoisotopic (exact) mass is 544 g/mol. The Labute approximate surface area is 224 Å². The molecule has 36 heavy (non-hydrogen) atoms. The summed E-state index contributed by atoms with van der Waals surface area (Å²) >= 11 is 3.68. The Morgan fingerprint density at radius 2 is 1.53 bits per heavy atom. The van der Waals surface area contributed by atoms with Crippen LogP contribution in [0.3, 0.4) is 0 Å². The molecule has 1 spiro atoms. The zero-order valence-corrected chi connectivity index (χ0v) is 24.9. The standard InChI is InChI=1S/C27H44O7S2/c1-10-26(35-13-14-36-26)17(4)21(29)15(2)20(28)16(3)22-18(5)27(31-11-12-32-27)19(6)23(33-22)34-24(30)25(7,8)9/h15-19,22-23H,10-14H2,1-9H3/t15?,16-,17?,18+,19-,22-,23?/m1/s1. The van der Waals surface area contributed by atoms with Gasteiger partial charge in [0, 0.05) is 29.3 Å². The van der Waals surface area contributed by atoms with E-state index in [1.807, 2.05) is 44.3 Å². The number of Topliss-reactive ketones (excluding diaryl/α,β-unsaturated/α-hetero) is 2. The predicted molar refractivity (Wildman–Crippen MR) is 143 cm³/mol. The van der Waals surface area contributed by atoms with Crippen molar-refractivity contribution in [2.24, 2.45) is 35.0 Å². The summed E-state index contributed by atoms with van der Waals surface area (Å²) in [5, 5.41) is 0. The lowest BCUT2D eigenvalue weighted by atomic mass is 9.74. The molecule has 0 saturated carbocycles. The molecule has 0 N–H and O–H groups in total. The normalized spacial score (nSPS) is 32.1. The maximum absolute atomic E-state index is 13.7. The molecule has 3 saturated heterocycles. The summed E-state index contributed by atoms with van der Waals surface area (Å²) in [7, 11) is 0. The van der Waals surface area contributed by atoms with E-state index in [0.29, 0.717) is 13.2 Å². The molecule has 0 aliphatic carbocycles. The number of ether oxygens (including phenoxy) is 4. The van der Waals surface area contributed by atoms with Gasteiger partial charge in [-0.1, -0.05) is 34.6 Å². The van der Waals surface area contributed by atoms with Crippen molar-refractivity contribution in [3.05, 3.63) is 0 Å². The number of esters is 1. The van der Waals surface area contributed by atoms with E-state index >= 15 is 0 Å². The molecule has 0 aromatic carbocycles. The second-order valence-electron chi connectivity index (χ2n) is 11.5. The van der Waals surface area contributed by atoms with Crippen molar-refractivity contribution in [1.82, 2.24) is 0 Å². The van der Waals surface area contributed by atoms with E-state index in [2.05, 4.69) is 6.92 Å². The number of hydrogen-bond donors (Lipinski definition) is 0. The number of carbonyl (C=O) groups is 3. The zero-order valence-electron chi connectivity index (χ0n) is 23.3. The van der Waals surface area contributed by atoms with Crippen LogP contribution in [0.4, 0.5) is 0 Å². The van der Waals surface area contributed by atoms with E-state index in [-0.39, 0.29) is 33.4 Å². The van der Waals surface area contributed by atoms with Gasteiger partial charge in [0.1, 0.15) is 11.6 Å². The van der Waals surface area contributed by atoms with Crippen LogP contribution in [0, 0.1) is 35.0 Å². The molecule has 3 rings (SSSR count). The number of thioether (sulfide) groups is 2. The van der Waals surface area contributed by atoms with Crippen molar-refractivity contribution in [2.75, 3.05) is 24.7 Å². The lowest BCUT2D eigenvalue weighted by molar-refractivity contribution is -0.348. The van der Waals surface area contributed by atoms with Crippen LogP contribution in [-0.2, 0) is 33.3 Å². The molecule has 0 radical (unpaired) electrons. The van der Waals surface area contributed by atoms with Gasteiger partial charge in [-0.2, -0.15) is 0 Å². The average molecular weight is 545 g/mol. The van der Waals surface area contributed by atoms with Crippen LogP contribution in [0.25, 0.3) is 0 Å². The molecule has 206 valence electrons. The number of rotatable bonds is 8. The SMILES string of the molecule is CCC1(C(C)C(=O)C(C)C(=O)[C@@H](C)[C@H]2OC(OC(=O)C(C)(C)C)[C@@H](C)C3(OCCO3)[C@H]2C)SCCS1. The first-order chi connectivity index (χ1) is 16.7. The Bertz CT molecular complexity index is 826. The minimum Gasteiger partial charge on any atom is -0.435 e. The van der Waals surface area contributed by atoms with Crippen LogP contribution in [-0.4, -0.2) is 64.5 Å². The second-order valence-corrected chi connectivity index (χ2v) is 14.6. The van der Waals surface area contributed by atoms with Gasteiger partial charge in [-0.3, -0.25) is 14.4 Å². The highest BCUT2D eigenvalue weighted by Crippen LogP contribution is 2.52. The Kier molecular flexibility index (Phi) is 9.35. The van der Waals surface area contributed by atoms with E-state index in [0.717, 1.165) is 17.9 Å². The summed E-state index contributed by atoms with van der Waals surface area (Å²) in [5.74, 6) is -1.84. The van der Waals surface area contributed by atoms with Crippen LogP contribution >= 0.6 is 23.5 Å². The largest absolute Gasteiger partial charge is 0.435 e. The van der Waals surface area contributed by atoms with Crippen LogP contribution in [0.5, 0.6) is 0 Å². The fourth-order valence-corrected chi connectivity index (χ4v) is 9.01. The third-order valence-electron chi connectivity index (χ3n) is 8.19. The molecule has 3 aliphatic heterocycles. The molecule has 3 heterocycles. The average Bonchev–Trinajstić information content (AvgIpc) is 3.53. The number of hydrogen-bond acceptors (Lipinski definition) is 9. The summed E-state index contributed by atoms with van der Waals surface area (Å²) in [6.45, 7) is 17.6. The van der Waals surface area contributed by atoms with Crippen molar-refractivity contribution < 1.29 is 33.3 Å². The Balaban J connectivity index is 1.82. The van der Waals surface area contributed by atoms with E-state index in [1.165, 1.54) is 0 Å². The van der Waals surface area contributed by atoms with Crippen molar-refractivity contribution in [3.63, 3.8) is 0 Å². The Hall–Kier alpha value is -0.610. The van der Waals surface area contributed by atoms with E-state index in [1.54, 1.807) is 34.6 Å². The summed E-state index contributed by atoms with van der Waals surface area (Å²) in [6, 6.07) is 0. The molecule has 9 heteroatoms. The van der Waals surface area contributed by atoms with E-state index < -0.39 is 41.4 Å². The molecule has 3 aliphatic rings. The maximum atomic E-state index is 13.7. The lowest BCUT2D eigenvalue weighted by Crippen LogP contribution is -2.62. The third kappa shape index (κ3) is 5.42. The van der Waals surface area contributed by atoms with Crippen LogP contribution in [0.15, 0.2) is 0 Å². The van der Waals surface area contributed by atoms with Crippen LogP contribution in [0.2, 0.25) is 0 Å². The molecule has 0 bridgehead atoms. The summed E-state index contributed by atoms with van der Waals surface area (Å²) in [5.41, 5.74) is -0.712. The second kappa shape index (κ2) is 11.2. The van der Waals surface area contributed by atoms with Gasteiger partial charge in [0.25, 0.3) is 0 Å². The molecule has 0 aromatic heterocycles. The highest BCUT2D eigenvalue weighted by atomic mass is 32.2. The van der Waals surface area contributed by atoms with Crippen LogP contribution < -0.4 is 0 Å². The number of ketones is 2. The fraction of sp³-hybridized carbons (Fsp3) is 0.889. The van der Waals surface area contributed by atoms with Gasteiger partial charge in [-0.15, -0.1) is 23.5 Å². The Morgan fingerprint density at radius 1 is 0.972 bits per heavy atom. The quantitative estimate of drug-likeness (QED) is 0.311. The molecule has 0 amide bonds. The maximum Gasteiger partial charge on any atom is 0.313 e. The van der Waals surface area contributed by atoms with E-state index in [9.17, 15) is 14.4 Å². The minimum absolute atomic E-state index is 0.0220. The lowest BCUT2D eigenvalue weighted by Gasteiger charge is -2.50. The first-order valence-corrected chi connectivity index (χ1v) is 15.2. The van der Waals surface area contributed by atoms with Crippen molar-refractivity contribution in [1.29, 1.82) is 0 Å². The molecular weight excluding hydrogens is 500 g/mol. The molecule has 3 unspecified atom stereocenters. The summed E-state index contributed by atoms with van der Waals surface area (Å²) in [6.07, 6.45) is -0.680. The molecule has 0 aromatic rings. The van der Waals surface area contributed by atoms with Gasteiger partial charge in [0.2, 0.25) is 6.29 Å². The third-order valence-corrected chi connectivity index (χ3v) is 12.2. The Morgan fingerprint density at radius 3 is 2.03 bits per heavy atom. The van der Waals surface area contributed by atoms with Crippen molar-refractivity contribution in [2.45, 2.75) is 91.0 Å². The molecule has 7 nitrogen and oxygen atoms in total. The molecular formula is C27H44O7S2. The van der Waals surface area contributed by atoms with Gasteiger partial charge in [-0.05, 0) is 34.1 Å². The summed E-state index contributed by atoms with van der Waals surface area (Å²) < 4.78 is 24.2. The predicted octanol–water partition coefficient (Wildman–Crippen LogP) is 4.95. The van der Waals surface area contributed by atoms with Crippen LogP contribution in [0.1, 0.15) is 68.7 Å². The highest BCUT2D eigenvalue weighted by molar-refractivity contribution is 8.21. The van der Waals surface area contributed by atoms with Gasteiger partial charge in [-0.25, -0.2) is 0 Å². The first-order valence-electron chi connectivity index (χ1n) is 13.2. The van der Waals surface area contributed by atoms with Crippen molar-refractivity contribution >= 4 is 41.1 Å². The van der Waals surface area contributed by atoms with Gasteiger partial charge in [0.15, 0.2) is 5.79 Å². The van der Waals surface area contributed by atoms with Gasteiger partial charge >= 0.3 is 5.97 Å². The smallest absolute Gasteiger partial charge is 0.313 e. The van der Waals surface area contributed by atoms with Gasteiger partial charge < -0.3 is 18.9 Å². The number of carbonyl (C=O) groups excluding carboxylic acids is 3. The fourth-order valence-electron chi connectivity index (χ4n) is 5.68. The minimum atomic E-state index is -1.02. The highest BCUT2D eigenvalue weighted by Gasteiger charge is 2.60. The summed E-state index contributed by atoms with van der Waals surface area (Å²) in [4.78, 5) is 40.0.